The van der Waals surface area contributed by atoms with Crippen LogP contribution in [-0.4, -0.2) is 17.0 Å². The molecule has 0 aliphatic heterocycles. The average Bonchev–Trinajstić information content (AvgIpc) is 2.36. The molecule has 0 unspecified atom stereocenters. The average molecular weight is 300 g/mol. The Morgan fingerprint density at radius 1 is 1.24 bits per heavy atom. The van der Waals surface area contributed by atoms with Gasteiger partial charge in [0, 0.05) is 18.8 Å². The van der Waals surface area contributed by atoms with E-state index in [1.807, 2.05) is 0 Å². The lowest BCUT2D eigenvalue weighted by molar-refractivity contribution is 0.504. The Balaban J connectivity index is 2.56. The molecular weight excluding hydrogens is 292 g/mol. The van der Waals surface area contributed by atoms with Crippen molar-refractivity contribution in [1.29, 1.82) is 0 Å². The van der Waals surface area contributed by atoms with Gasteiger partial charge in [0.25, 0.3) is 0 Å². The second-order valence-corrected chi connectivity index (χ2v) is 4.03. The summed E-state index contributed by atoms with van der Waals surface area (Å²) in [6.45, 7) is 0. The zero-order valence-corrected chi connectivity index (χ0v) is 10.4. The highest BCUT2D eigenvalue weighted by atomic mass is 79.9. The molecule has 0 bridgehead atoms. The number of hydrogen-bond acceptors (Lipinski definition) is 3. The van der Waals surface area contributed by atoms with E-state index < -0.39 is 11.6 Å². The molecule has 0 atom stereocenters. The van der Waals surface area contributed by atoms with Gasteiger partial charge in [-0.05, 0) is 34.1 Å². The molecule has 0 aliphatic rings. The molecule has 1 N–H and O–H groups in total. The fraction of sp³-hybridized carbons (Fsp3) is 0.0909. The van der Waals surface area contributed by atoms with E-state index in [1.165, 1.54) is 6.07 Å². The third-order valence-corrected chi connectivity index (χ3v) is 2.96. The van der Waals surface area contributed by atoms with E-state index in [4.69, 9.17) is 0 Å². The molecule has 2 aromatic rings. The van der Waals surface area contributed by atoms with Crippen LogP contribution in [0.3, 0.4) is 0 Å². The largest absolute Gasteiger partial charge is 0.373 e. The maximum Gasteiger partial charge on any atom is 0.173 e. The Morgan fingerprint density at radius 3 is 2.71 bits per heavy atom. The molecule has 0 spiro atoms. The quantitative estimate of drug-likeness (QED) is 0.865. The summed E-state index contributed by atoms with van der Waals surface area (Å²) in [5.74, 6) is -0.930. The normalized spacial score (nSPS) is 10.4. The lowest BCUT2D eigenvalue weighted by Crippen LogP contribution is -1.97. The Labute approximate surface area is 105 Å². The van der Waals surface area contributed by atoms with Crippen molar-refractivity contribution < 1.29 is 8.78 Å². The standard InChI is InChI=1S/C11H8BrF2N3/c1-15-8-4-5-16-11(17-8)6-2-3-7(13)10(14)9(6)12/h2-5H,1H3,(H,15,16,17). The van der Waals surface area contributed by atoms with Gasteiger partial charge in [-0.2, -0.15) is 0 Å². The van der Waals surface area contributed by atoms with Crippen molar-refractivity contribution in [3.63, 3.8) is 0 Å². The lowest BCUT2D eigenvalue weighted by atomic mass is 10.2. The van der Waals surface area contributed by atoms with Crippen molar-refractivity contribution in [3.8, 4) is 11.4 Å². The van der Waals surface area contributed by atoms with Gasteiger partial charge < -0.3 is 5.32 Å². The predicted molar refractivity (Wildman–Crippen MR) is 64.6 cm³/mol. The number of nitrogens with zero attached hydrogens (tertiary/aromatic N) is 2. The van der Waals surface area contributed by atoms with Gasteiger partial charge in [-0.1, -0.05) is 0 Å². The summed E-state index contributed by atoms with van der Waals surface area (Å²) in [4.78, 5) is 8.17. The summed E-state index contributed by atoms with van der Waals surface area (Å²) in [7, 11) is 1.71. The van der Waals surface area contributed by atoms with E-state index in [9.17, 15) is 8.78 Å². The molecule has 3 nitrogen and oxygen atoms in total. The van der Waals surface area contributed by atoms with Crippen molar-refractivity contribution in [2.45, 2.75) is 0 Å². The van der Waals surface area contributed by atoms with Gasteiger partial charge in [-0.25, -0.2) is 18.7 Å². The first kappa shape index (κ1) is 11.9. The Hall–Kier alpha value is -1.56. The maximum atomic E-state index is 13.4. The maximum absolute atomic E-state index is 13.4. The van der Waals surface area contributed by atoms with Crippen LogP contribution in [0.4, 0.5) is 14.6 Å². The van der Waals surface area contributed by atoms with Crippen LogP contribution in [0, 0.1) is 11.6 Å². The van der Waals surface area contributed by atoms with Gasteiger partial charge in [-0.3, -0.25) is 0 Å². The van der Waals surface area contributed by atoms with Gasteiger partial charge in [0.15, 0.2) is 17.5 Å². The fourth-order valence-corrected chi connectivity index (χ4v) is 1.83. The Bertz CT molecular complexity index is 560. The summed E-state index contributed by atoms with van der Waals surface area (Å²) in [5, 5.41) is 2.85. The summed E-state index contributed by atoms with van der Waals surface area (Å²) in [5.41, 5.74) is 0.404. The smallest absolute Gasteiger partial charge is 0.173 e. The number of benzene rings is 1. The van der Waals surface area contributed by atoms with E-state index in [0.29, 0.717) is 17.2 Å². The molecule has 1 aromatic heterocycles. The van der Waals surface area contributed by atoms with Crippen LogP contribution in [0.5, 0.6) is 0 Å². The molecule has 1 heterocycles. The second-order valence-electron chi connectivity index (χ2n) is 3.24. The van der Waals surface area contributed by atoms with Gasteiger partial charge in [0.05, 0.1) is 4.47 Å². The van der Waals surface area contributed by atoms with E-state index in [2.05, 4.69) is 31.2 Å². The second kappa shape index (κ2) is 4.75. The van der Waals surface area contributed by atoms with Crippen LogP contribution in [0.15, 0.2) is 28.9 Å². The van der Waals surface area contributed by atoms with E-state index in [0.717, 1.165) is 6.07 Å². The minimum Gasteiger partial charge on any atom is -0.373 e. The van der Waals surface area contributed by atoms with Crippen molar-refractivity contribution >= 4 is 21.7 Å². The van der Waals surface area contributed by atoms with Crippen molar-refractivity contribution in [3.05, 3.63) is 40.5 Å². The molecule has 0 saturated heterocycles. The first-order valence-corrected chi connectivity index (χ1v) is 5.57. The minimum absolute atomic E-state index is 0.0192. The lowest BCUT2D eigenvalue weighted by Gasteiger charge is -2.06. The fourth-order valence-electron chi connectivity index (χ4n) is 1.33. The number of hydrogen-bond donors (Lipinski definition) is 1. The monoisotopic (exact) mass is 299 g/mol. The number of rotatable bonds is 2. The minimum atomic E-state index is -0.944. The highest BCUT2D eigenvalue weighted by Crippen LogP contribution is 2.29. The van der Waals surface area contributed by atoms with Crippen molar-refractivity contribution in [2.75, 3.05) is 12.4 Å². The molecule has 6 heteroatoms. The summed E-state index contributed by atoms with van der Waals surface area (Å²) in [6, 6.07) is 4.15. The molecule has 0 fully saturated rings. The van der Waals surface area contributed by atoms with Crippen molar-refractivity contribution in [2.24, 2.45) is 0 Å². The predicted octanol–water partition coefficient (Wildman–Crippen LogP) is 3.23. The molecular formula is C11H8BrF2N3. The van der Waals surface area contributed by atoms with Crippen LogP contribution >= 0.6 is 15.9 Å². The van der Waals surface area contributed by atoms with Crippen LogP contribution in [0.1, 0.15) is 0 Å². The summed E-state index contributed by atoms with van der Waals surface area (Å²) >= 11 is 3.00. The highest BCUT2D eigenvalue weighted by molar-refractivity contribution is 9.10. The van der Waals surface area contributed by atoms with Gasteiger partial charge >= 0.3 is 0 Å². The number of aromatic nitrogens is 2. The Morgan fingerprint density at radius 2 is 2.00 bits per heavy atom. The summed E-state index contributed by atoms with van der Waals surface area (Å²) < 4.78 is 26.3. The SMILES string of the molecule is CNc1ccnc(-c2ccc(F)c(F)c2Br)n1. The van der Waals surface area contributed by atoms with Crippen LogP contribution in [-0.2, 0) is 0 Å². The topological polar surface area (TPSA) is 37.8 Å². The van der Waals surface area contributed by atoms with Crippen molar-refractivity contribution in [1.82, 2.24) is 9.97 Å². The van der Waals surface area contributed by atoms with Crippen LogP contribution in [0.25, 0.3) is 11.4 Å². The van der Waals surface area contributed by atoms with E-state index >= 15 is 0 Å². The molecule has 0 aliphatic carbocycles. The molecule has 88 valence electrons. The molecule has 17 heavy (non-hydrogen) atoms. The Kier molecular flexibility index (Phi) is 3.33. The molecule has 0 radical (unpaired) electrons. The van der Waals surface area contributed by atoms with E-state index in [-0.39, 0.29) is 4.47 Å². The number of nitrogens with one attached hydrogen (secondary N) is 1. The molecule has 1 aromatic carbocycles. The molecule has 2 rings (SSSR count). The number of halogens is 3. The third-order valence-electron chi connectivity index (χ3n) is 2.19. The third kappa shape index (κ3) is 2.26. The number of anilines is 1. The van der Waals surface area contributed by atoms with E-state index in [1.54, 1.807) is 19.3 Å². The molecule has 0 amide bonds. The zero-order valence-electron chi connectivity index (χ0n) is 8.84. The van der Waals surface area contributed by atoms with Crippen LogP contribution in [0.2, 0.25) is 0 Å². The van der Waals surface area contributed by atoms with Gasteiger partial charge in [0.2, 0.25) is 0 Å². The van der Waals surface area contributed by atoms with Gasteiger partial charge in [0.1, 0.15) is 5.82 Å². The zero-order chi connectivity index (χ0) is 12.4. The first-order valence-electron chi connectivity index (χ1n) is 4.78. The molecule has 0 saturated carbocycles. The van der Waals surface area contributed by atoms with Gasteiger partial charge in [-0.15, -0.1) is 0 Å². The highest BCUT2D eigenvalue weighted by Gasteiger charge is 2.14. The first-order chi connectivity index (χ1) is 8.13. The van der Waals surface area contributed by atoms with Crippen LogP contribution < -0.4 is 5.32 Å². The summed E-state index contributed by atoms with van der Waals surface area (Å²) in [6.07, 6.45) is 1.54.